The topological polar surface area (TPSA) is 99.2 Å². The first-order valence-electron chi connectivity index (χ1n) is 7.13. The zero-order valence-corrected chi connectivity index (χ0v) is 12.8. The highest BCUT2D eigenvalue weighted by Crippen LogP contribution is 2.04. The average Bonchev–Trinajstić information content (AvgIpc) is 2.42. The molecule has 0 aliphatic heterocycles. The van der Waals surface area contributed by atoms with Crippen LogP contribution >= 0.6 is 0 Å². The first-order valence-corrected chi connectivity index (χ1v) is 7.13. The second-order valence-corrected chi connectivity index (χ2v) is 5.28. The number of carbonyl (C=O) groups excluding carboxylic acids is 1. The summed E-state index contributed by atoms with van der Waals surface area (Å²) in [6.45, 7) is 6.82. The molecular weight excluding hydrogens is 272 g/mol. The molecule has 0 aliphatic carbocycles. The van der Waals surface area contributed by atoms with Crippen LogP contribution in [0.15, 0.2) is 17.1 Å². The number of hydrogen-bond acceptors (Lipinski definition) is 5. The van der Waals surface area contributed by atoms with E-state index in [1.807, 2.05) is 20.8 Å². The third kappa shape index (κ3) is 5.95. The van der Waals surface area contributed by atoms with E-state index in [4.69, 9.17) is 10.5 Å². The molecule has 0 aromatic carbocycles. The Hall–Kier alpha value is -1.89. The molecule has 1 unspecified atom stereocenters. The van der Waals surface area contributed by atoms with E-state index in [1.165, 1.54) is 12.3 Å². The van der Waals surface area contributed by atoms with Gasteiger partial charge < -0.3 is 15.8 Å². The van der Waals surface area contributed by atoms with Crippen LogP contribution in [0.1, 0.15) is 27.2 Å². The van der Waals surface area contributed by atoms with Gasteiger partial charge in [0.05, 0.1) is 12.8 Å². The van der Waals surface area contributed by atoms with Crippen molar-refractivity contribution in [2.24, 2.45) is 11.7 Å². The molecule has 1 amide bonds. The van der Waals surface area contributed by atoms with E-state index in [9.17, 15) is 9.59 Å². The van der Waals surface area contributed by atoms with Gasteiger partial charge in [0.15, 0.2) is 0 Å². The minimum absolute atomic E-state index is 0.0482. The van der Waals surface area contributed by atoms with Crippen LogP contribution in [0.3, 0.4) is 0 Å². The fraction of sp³-hybridized carbons (Fsp3) is 0.643. The van der Waals surface area contributed by atoms with Gasteiger partial charge in [-0.3, -0.25) is 9.59 Å². The second kappa shape index (κ2) is 8.41. The second-order valence-electron chi connectivity index (χ2n) is 5.28. The molecule has 1 atom stereocenters. The molecule has 0 fully saturated rings. The highest BCUT2D eigenvalue weighted by molar-refractivity contribution is 5.75. The lowest BCUT2D eigenvalue weighted by molar-refractivity contribution is -0.122. The number of rotatable bonds is 8. The van der Waals surface area contributed by atoms with Gasteiger partial charge in [0.25, 0.3) is 5.56 Å². The number of nitrogens with zero attached hydrogens (tertiary/aromatic N) is 2. The van der Waals surface area contributed by atoms with E-state index in [-0.39, 0.29) is 24.1 Å². The third-order valence-corrected chi connectivity index (χ3v) is 3.14. The van der Waals surface area contributed by atoms with Crippen molar-refractivity contribution in [2.75, 3.05) is 13.2 Å². The highest BCUT2D eigenvalue weighted by Gasteiger charge is 2.12. The van der Waals surface area contributed by atoms with Crippen LogP contribution in [0.5, 0.6) is 5.75 Å². The molecule has 1 heterocycles. The summed E-state index contributed by atoms with van der Waals surface area (Å²) in [4.78, 5) is 23.7. The molecule has 1 aromatic heterocycles. The maximum Gasteiger partial charge on any atom is 0.270 e. The van der Waals surface area contributed by atoms with Crippen LogP contribution in [-0.2, 0) is 11.3 Å². The Morgan fingerprint density at radius 2 is 2.19 bits per heavy atom. The number of nitrogens with one attached hydrogen (secondary N) is 1. The Balaban J connectivity index is 2.60. The number of ether oxygens (including phenoxy) is 1. The largest absolute Gasteiger partial charge is 0.492 e. The van der Waals surface area contributed by atoms with E-state index in [0.29, 0.717) is 31.2 Å². The smallest absolute Gasteiger partial charge is 0.270 e. The van der Waals surface area contributed by atoms with Gasteiger partial charge in [-0.25, -0.2) is 4.68 Å². The summed E-state index contributed by atoms with van der Waals surface area (Å²) >= 11 is 0. The van der Waals surface area contributed by atoms with Crippen molar-refractivity contribution in [1.82, 2.24) is 15.1 Å². The monoisotopic (exact) mass is 296 g/mol. The van der Waals surface area contributed by atoms with Crippen molar-refractivity contribution in [1.29, 1.82) is 0 Å². The van der Waals surface area contributed by atoms with Gasteiger partial charge in [-0.2, -0.15) is 5.10 Å². The lowest BCUT2D eigenvalue weighted by Gasteiger charge is -2.17. The fourth-order valence-electron chi connectivity index (χ4n) is 1.49. The van der Waals surface area contributed by atoms with Crippen molar-refractivity contribution in [2.45, 2.75) is 39.8 Å². The molecule has 7 nitrogen and oxygen atoms in total. The summed E-state index contributed by atoms with van der Waals surface area (Å²) < 4.78 is 6.44. The molecule has 1 aromatic rings. The highest BCUT2D eigenvalue weighted by atomic mass is 16.5. The molecule has 1 rings (SSSR count). The number of carbonyl (C=O) groups is 1. The van der Waals surface area contributed by atoms with E-state index in [2.05, 4.69) is 10.4 Å². The lowest BCUT2D eigenvalue weighted by Crippen LogP contribution is -2.40. The zero-order valence-electron chi connectivity index (χ0n) is 12.8. The minimum Gasteiger partial charge on any atom is -0.492 e. The number of hydrogen-bond donors (Lipinski definition) is 2. The van der Waals surface area contributed by atoms with Gasteiger partial charge in [0.2, 0.25) is 5.91 Å². The average molecular weight is 296 g/mol. The number of amides is 1. The SMILES string of the molecule is CC(C)C(C)NC(=O)Cn1ncc(OCCCN)cc1=O. The molecule has 0 spiro atoms. The Bertz CT molecular complexity index is 513. The maximum atomic E-state index is 11.8. The van der Waals surface area contributed by atoms with Crippen LogP contribution in [0.2, 0.25) is 0 Å². The quantitative estimate of drug-likeness (QED) is 0.664. The standard InChI is InChI=1S/C14H24N4O3/c1-10(2)11(3)17-13(19)9-18-14(20)7-12(8-16-18)21-6-4-5-15/h7-8,10-11H,4-6,9,15H2,1-3H3,(H,17,19). The maximum absolute atomic E-state index is 11.8. The van der Waals surface area contributed by atoms with Gasteiger partial charge in [0.1, 0.15) is 12.3 Å². The molecule has 0 bridgehead atoms. The first-order chi connectivity index (χ1) is 9.93. The molecular formula is C14H24N4O3. The van der Waals surface area contributed by atoms with Crippen molar-refractivity contribution < 1.29 is 9.53 Å². The Morgan fingerprint density at radius 3 is 2.76 bits per heavy atom. The van der Waals surface area contributed by atoms with Gasteiger partial charge in [0, 0.05) is 12.1 Å². The van der Waals surface area contributed by atoms with Gasteiger partial charge in [-0.05, 0) is 25.8 Å². The Kier molecular flexibility index (Phi) is 6.87. The fourth-order valence-corrected chi connectivity index (χ4v) is 1.49. The molecule has 118 valence electrons. The molecule has 0 radical (unpaired) electrons. The van der Waals surface area contributed by atoms with E-state index >= 15 is 0 Å². The Labute approximate surface area is 124 Å². The van der Waals surface area contributed by atoms with Crippen LogP contribution in [0, 0.1) is 5.92 Å². The number of nitrogens with two attached hydrogens (primary N) is 1. The van der Waals surface area contributed by atoms with Gasteiger partial charge in [-0.15, -0.1) is 0 Å². The van der Waals surface area contributed by atoms with Crippen LogP contribution in [0.4, 0.5) is 0 Å². The van der Waals surface area contributed by atoms with E-state index < -0.39 is 0 Å². The third-order valence-electron chi connectivity index (χ3n) is 3.14. The summed E-state index contributed by atoms with van der Waals surface area (Å²) in [6, 6.07) is 1.37. The van der Waals surface area contributed by atoms with Crippen molar-refractivity contribution in [3.63, 3.8) is 0 Å². The summed E-state index contributed by atoms with van der Waals surface area (Å²) in [7, 11) is 0. The molecule has 3 N–H and O–H groups in total. The molecule has 0 saturated heterocycles. The summed E-state index contributed by atoms with van der Waals surface area (Å²) in [5, 5.41) is 6.76. The predicted octanol–water partition coefficient (Wildman–Crippen LogP) is 0.132. The molecule has 0 saturated carbocycles. The van der Waals surface area contributed by atoms with Gasteiger partial charge in [-0.1, -0.05) is 13.8 Å². The van der Waals surface area contributed by atoms with Gasteiger partial charge >= 0.3 is 0 Å². The van der Waals surface area contributed by atoms with Crippen molar-refractivity contribution in [3.8, 4) is 5.75 Å². The number of aromatic nitrogens is 2. The minimum atomic E-state index is -0.368. The van der Waals surface area contributed by atoms with Crippen LogP contribution in [0.25, 0.3) is 0 Å². The van der Waals surface area contributed by atoms with Crippen molar-refractivity contribution >= 4 is 5.91 Å². The molecule has 21 heavy (non-hydrogen) atoms. The normalized spacial score (nSPS) is 12.2. The lowest BCUT2D eigenvalue weighted by atomic mass is 10.1. The predicted molar refractivity (Wildman–Crippen MR) is 80.1 cm³/mol. The summed E-state index contributed by atoms with van der Waals surface area (Å²) in [6.07, 6.45) is 2.13. The van der Waals surface area contributed by atoms with Crippen LogP contribution < -0.4 is 21.3 Å². The van der Waals surface area contributed by atoms with E-state index in [1.54, 1.807) is 0 Å². The summed E-state index contributed by atoms with van der Waals surface area (Å²) in [5.41, 5.74) is 4.99. The van der Waals surface area contributed by atoms with Crippen LogP contribution in [-0.4, -0.2) is 34.9 Å². The molecule has 7 heteroatoms. The Morgan fingerprint density at radius 1 is 1.48 bits per heavy atom. The summed E-state index contributed by atoms with van der Waals surface area (Å²) in [5.74, 6) is 0.486. The van der Waals surface area contributed by atoms with E-state index in [0.717, 1.165) is 4.68 Å². The zero-order chi connectivity index (χ0) is 15.8. The first kappa shape index (κ1) is 17.2. The molecule has 0 aliphatic rings. The van der Waals surface area contributed by atoms with Crippen molar-refractivity contribution in [3.05, 3.63) is 22.6 Å².